The molecule has 0 amide bonds. The van der Waals surface area contributed by atoms with Gasteiger partial charge in [0.1, 0.15) is 11.5 Å². The highest BCUT2D eigenvalue weighted by Crippen LogP contribution is 2.12. The number of ether oxygens (including phenoxy) is 1. The summed E-state index contributed by atoms with van der Waals surface area (Å²) in [6, 6.07) is 11.3. The standard InChI is InChI=1S/C14H12O2S/c1-2-11-5-3-6-12(9-11)10-16-14(15)13-7-4-8-17-13/h2-9H,1,10H2. The van der Waals surface area contributed by atoms with Gasteiger partial charge in [0.25, 0.3) is 0 Å². The highest BCUT2D eigenvalue weighted by Gasteiger charge is 2.07. The summed E-state index contributed by atoms with van der Waals surface area (Å²) < 4.78 is 5.21. The Morgan fingerprint density at radius 2 is 2.24 bits per heavy atom. The van der Waals surface area contributed by atoms with Crippen molar-refractivity contribution in [2.75, 3.05) is 0 Å². The van der Waals surface area contributed by atoms with Crippen LogP contribution in [0.2, 0.25) is 0 Å². The lowest BCUT2D eigenvalue weighted by Crippen LogP contribution is -2.03. The molecule has 2 aromatic rings. The Hall–Kier alpha value is -1.87. The lowest BCUT2D eigenvalue weighted by Gasteiger charge is -2.04. The number of esters is 1. The zero-order valence-corrected chi connectivity index (χ0v) is 10.1. The van der Waals surface area contributed by atoms with Crippen LogP contribution >= 0.6 is 11.3 Å². The average molecular weight is 244 g/mol. The third-order valence-corrected chi connectivity index (χ3v) is 3.13. The third kappa shape index (κ3) is 3.04. The Kier molecular flexibility index (Phi) is 3.73. The van der Waals surface area contributed by atoms with E-state index in [9.17, 15) is 4.79 Å². The highest BCUT2D eigenvalue weighted by molar-refractivity contribution is 7.11. The molecule has 0 saturated heterocycles. The predicted molar refractivity (Wildman–Crippen MR) is 70.0 cm³/mol. The molecule has 0 aliphatic heterocycles. The van der Waals surface area contributed by atoms with E-state index in [0.29, 0.717) is 11.5 Å². The number of hydrogen-bond acceptors (Lipinski definition) is 3. The number of carbonyl (C=O) groups excluding carboxylic acids is 1. The minimum Gasteiger partial charge on any atom is -0.457 e. The maximum atomic E-state index is 11.6. The molecule has 1 heterocycles. The lowest BCUT2D eigenvalue weighted by atomic mass is 10.1. The summed E-state index contributed by atoms with van der Waals surface area (Å²) in [4.78, 5) is 12.2. The molecule has 0 N–H and O–H groups in total. The Balaban J connectivity index is 1.98. The van der Waals surface area contributed by atoms with Crippen molar-refractivity contribution in [3.63, 3.8) is 0 Å². The van der Waals surface area contributed by atoms with E-state index in [2.05, 4.69) is 6.58 Å². The van der Waals surface area contributed by atoms with Gasteiger partial charge < -0.3 is 4.74 Å². The van der Waals surface area contributed by atoms with Crippen molar-refractivity contribution in [3.8, 4) is 0 Å². The Labute approximate surface area is 104 Å². The number of rotatable bonds is 4. The molecule has 86 valence electrons. The molecule has 2 nitrogen and oxygen atoms in total. The van der Waals surface area contributed by atoms with Gasteiger partial charge in [-0.1, -0.05) is 36.9 Å². The van der Waals surface area contributed by atoms with Gasteiger partial charge in [-0.2, -0.15) is 0 Å². The monoisotopic (exact) mass is 244 g/mol. The van der Waals surface area contributed by atoms with Crippen molar-refractivity contribution >= 4 is 23.4 Å². The largest absolute Gasteiger partial charge is 0.457 e. The minimum atomic E-state index is -0.274. The molecule has 1 aromatic carbocycles. The minimum absolute atomic E-state index is 0.274. The summed E-state index contributed by atoms with van der Waals surface area (Å²) >= 11 is 1.38. The summed E-state index contributed by atoms with van der Waals surface area (Å²) in [6.07, 6.45) is 1.77. The first-order valence-electron chi connectivity index (χ1n) is 5.21. The summed E-state index contributed by atoms with van der Waals surface area (Å²) in [7, 11) is 0. The van der Waals surface area contributed by atoms with Crippen LogP contribution in [0, 0.1) is 0 Å². The molecule has 17 heavy (non-hydrogen) atoms. The van der Waals surface area contributed by atoms with Crippen LogP contribution in [-0.2, 0) is 11.3 Å². The molecule has 0 aliphatic rings. The summed E-state index contributed by atoms with van der Waals surface area (Å²) in [5.41, 5.74) is 1.99. The average Bonchev–Trinajstić information content (AvgIpc) is 2.90. The molecular formula is C14H12O2S. The molecular weight excluding hydrogens is 232 g/mol. The lowest BCUT2D eigenvalue weighted by molar-refractivity contribution is 0.0478. The van der Waals surface area contributed by atoms with Crippen LogP contribution in [0.4, 0.5) is 0 Å². The smallest absolute Gasteiger partial charge is 0.348 e. The van der Waals surface area contributed by atoms with E-state index in [1.165, 1.54) is 11.3 Å². The number of carbonyl (C=O) groups is 1. The van der Waals surface area contributed by atoms with Gasteiger partial charge in [0.15, 0.2) is 0 Å². The van der Waals surface area contributed by atoms with Gasteiger partial charge >= 0.3 is 5.97 Å². The molecule has 2 rings (SSSR count). The topological polar surface area (TPSA) is 26.3 Å². The van der Waals surface area contributed by atoms with Crippen molar-refractivity contribution in [2.45, 2.75) is 6.61 Å². The predicted octanol–water partition coefficient (Wildman–Crippen LogP) is 3.75. The quantitative estimate of drug-likeness (QED) is 0.766. The second-order valence-electron chi connectivity index (χ2n) is 3.50. The molecule has 0 fully saturated rings. The van der Waals surface area contributed by atoms with Gasteiger partial charge in [-0.05, 0) is 28.6 Å². The van der Waals surface area contributed by atoms with E-state index >= 15 is 0 Å². The van der Waals surface area contributed by atoms with Crippen LogP contribution in [0.1, 0.15) is 20.8 Å². The Morgan fingerprint density at radius 1 is 1.35 bits per heavy atom. The van der Waals surface area contributed by atoms with Crippen molar-refractivity contribution in [2.24, 2.45) is 0 Å². The zero-order chi connectivity index (χ0) is 12.1. The first-order valence-corrected chi connectivity index (χ1v) is 6.09. The number of benzene rings is 1. The van der Waals surface area contributed by atoms with Gasteiger partial charge in [-0.25, -0.2) is 4.79 Å². The van der Waals surface area contributed by atoms with Gasteiger partial charge in [0.05, 0.1) is 0 Å². The van der Waals surface area contributed by atoms with Gasteiger partial charge in [-0.3, -0.25) is 0 Å². The maximum Gasteiger partial charge on any atom is 0.348 e. The van der Waals surface area contributed by atoms with Gasteiger partial charge in [0.2, 0.25) is 0 Å². The van der Waals surface area contributed by atoms with Crippen LogP contribution in [0.15, 0.2) is 48.4 Å². The van der Waals surface area contributed by atoms with Crippen LogP contribution in [0.3, 0.4) is 0 Å². The number of thiophene rings is 1. The highest BCUT2D eigenvalue weighted by atomic mass is 32.1. The van der Waals surface area contributed by atoms with Crippen molar-refractivity contribution in [3.05, 3.63) is 64.4 Å². The molecule has 0 atom stereocenters. The fourth-order valence-electron chi connectivity index (χ4n) is 1.42. The van der Waals surface area contributed by atoms with E-state index in [-0.39, 0.29) is 5.97 Å². The normalized spacial score (nSPS) is 9.88. The molecule has 1 aromatic heterocycles. The van der Waals surface area contributed by atoms with E-state index in [1.807, 2.05) is 35.7 Å². The van der Waals surface area contributed by atoms with Gasteiger partial charge in [-0.15, -0.1) is 11.3 Å². The fourth-order valence-corrected chi connectivity index (χ4v) is 2.04. The second kappa shape index (κ2) is 5.46. The first-order chi connectivity index (χ1) is 8.29. The van der Waals surface area contributed by atoms with E-state index in [4.69, 9.17) is 4.74 Å². The van der Waals surface area contributed by atoms with Crippen LogP contribution in [-0.4, -0.2) is 5.97 Å². The Bertz CT molecular complexity index is 515. The van der Waals surface area contributed by atoms with E-state index in [1.54, 1.807) is 12.1 Å². The fraction of sp³-hybridized carbons (Fsp3) is 0.0714. The maximum absolute atomic E-state index is 11.6. The SMILES string of the molecule is C=Cc1cccc(COC(=O)c2cccs2)c1. The molecule has 0 saturated carbocycles. The van der Waals surface area contributed by atoms with Gasteiger partial charge in [0, 0.05) is 0 Å². The van der Waals surface area contributed by atoms with E-state index in [0.717, 1.165) is 11.1 Å². The Morgan fingerprint density at radius 3 is 2.94 bits per heavy atom. The molecule has 0 aliphatic carbocycles. The van der Waals surface area contributed by atoms with Crippen molar-refractivity contribution in [1.82, 2.24) is 0 Å². The van der Waals surface area contributed by atoms with Crippen molar-refractivity contribution in [1.29, 1.82) is 0 Å². The molecule has 0 spiro atoms. The number of hydrogen-bond donors (Lipinski definition) is 0. The van der Waals surface area contributed by atoms with Crippen LogP contribution in [0.5, 0.6) is 0 Å². The summed E-state index contributed by atoms with van der Waals surface area (Å²) in [5, 5.41) is 1.86. The second-order valence-corrected chi connectivity index (χ2v) is 4.45. The molecule has 3 heteroatoms. The summed E-state index contributed by atoms with van der Waals surface area (Å²) in [6.45, 7) is 3.99. The first kappa shape index (κ1) is 11.6. The van der Waals surface area contributed by atoms with E-state index < -0.39 is 0 Å². The zero-order valence-electron chi connectivity index (χ0n) is 9.26. The van der Waals surface area contributed by atoms with Crippen molar-refractivity contribution < 1.29 is 9.53 Å². The molecule has 0 radical (unpaired) electrons. The third-order valence-electron chi connectivity index (χ3n) is 2.28. The van der Waals surface area contributed by atoms with Crippen LogP contribution in [0.25, 0.3) is 6.08 Å². The molecule has 0 unspecified atom stereocenters. The summed E-state index contributed by atoms with van der Waals surface area (Å²) in [5.74, 6) is -0.274. The van der Waals surface area contributed by atoms with Crippen LogP contribution < -0.4 is 0 Å². The molecule has 0 bridgehead atoms.